The molecule has 1 aliphatic rings. The number of rotatable bonds is 6. The van der Waals surface area contributed by atoms with E-state index in [1.807, 2.05) is 0 Å². The van der Waals surface area contributed by atoms with Crippen LogP contribution in [0.25, 0.3) is 0 Å². The fourth-order valence-corrected chi connectivity index (χ4v) is 2.79. The molecular weight excluding hydrogens is 300 g/mol. The van der Waals surface area contributed by atoms with Crippen LogP contribution in [0, 0.1) is 5.92 Å². The van der Waals surface area contributed by atoms with E-state index in [-0.39, 0.29) is 0 Å². The molecular formula is C18H26N6. The Kier molecular flexibility index (Phi) is 5.46. The lowest BCUT2D eigenvalue weighted by molar-refractivity contribution is 0.578. The molecule has 0 saturated carbocycles. The number of hydrogen-bond donors (Lipinski definition) is 2. The first-order valence-electron chi connectivity index (χ1n) is 8.76. The molecule has 1 aliphatic heterocycles. The molecule has 2 N–H and O–H groups in total. The van der Waals surface area contributed by atoms with Crippen molar-refractivity contribution in [1.29, 1.82) is 0 Å². The van der Waals surface area contributed by atoms with Gasteiger partial charge in [-0.05, 0) is 49.4 Å². The molecule has 2 heterocycles. The van der Waals surface area contributed by atoms with E-state index < -0.39 is 0 Å². The fourth-order valence-electron chi connectivity index (χ4n) is 2.79. The van der Waals surface area contributed by atoms with Gasteiger partial charge in [-0.1, -0.05) is 13.8 Å². The second-order valence-corrected chi connectivity index (χ2v) is 6.66. The van der Waals surface area contributed by atoms with Crippen LogP contribution >= 0.6 is 0 Å². The van der Waals surface area contributed by atoms with Crippen LogP contribution in [0.3, 0.4) is 0 Å². The van der Waals surface area contributed by atoms with E-state index >= 15 is 0 Å². The second kappa shape index (κ2) is 7.95. The number of anilines is 4. The molecule has 0 spiro atoms. The first kappa shape index (κ1) is 16.5. The highest BCUT2D eigenvalue weighted by molar-refractivity contribution is 5.59. The van der Waals surface area contributed by atoms with Crippen LogP contribution in [-0.4, -0.2) is 34.8 Å². The molecule has 6 nitrogen and oxygen atoms in total. The number of nitrogens with one attached hydrogen (secondary N) is 2. The average molecular weight is 326 g/mol. The van der Waals surface area contributed by atoms with Crippen molar-refractivity contribution in [3.05, 3.63) is 30.5 Å². The molecule has 3 rings (SSSR count). The quantitative estimate of drug-likeness (QED) is 0.844. The highest BCUT2D eigenvalue weighted by Crippen LogP contribution is 2.22. The van der Waals surface area contributed by atoms with Crippen molar-refractivity contribution < 1.29 is 0 Å². The van der Waals surface area contributed by atoms with Crippen LogP contribution in [-0.2, 0) is 0 Å². The Morgan fingerprint density at radius 1 is 1.08 bits per heavy atom. The molecule has 0 aliphatic carbocycles. The van der Waals surface area contributed by atoms with E-state index in [1.165, 1.54) is 24.9 Å². The van der Waals surface area contributed by atoms with E-state index in [0.717, 1.165) is 31.1 Å². The Labute approximate surface area is 143 Å². The smallest absolute Gasteiger partial charge is 0.249 e. The zero-order valence-electron chi connectivity index (χ0n) is 14.5. The molecule has 0 radical (unpaired) electrons. The Balaban J connectivity index is 1.62. The first-order valence-corrected chi connectivity index (χ1v) is 8.76. The highest BCUT2D eigenvalue weighted by atomic mass is 15.3. The third kappa shape index (κ3) is 4.57. The molecule has 6 heteroatoms. The first-order chi connectivity index (χ1) is 11.7. The van der Waals surface area contributed by atoms with Gasteiger partial charge >= 0.3 is 0 Å². The van der Waals surface area contributed by atoms with Gasteiger partial charge in [0.25, 0.3) is 0 Å². The van der Waals surface area contributed by atoms with Gasteiger partial charge in [0.15, 0.2) is 5.82 Å². The van der Waals surface area contributed by atoms with Crippen molar-refractivity contribution >= 4 is 23.1 Å². The van der Waals surface area contributed by atoms with Crippen molar-refractivity contribution in [2.24, 2.45) is 5.92 Å². The summed E-state index contributed by atoms with van der Waals surface area (Å²) in [5.74, 6) is 1.80. The maximum absolute atomic E-state index is 4.45. The summed E-state index contributed by atoms with van der Waals surface area (Å²) in [5.41, 5.74) is 2.25. The largest absolute Gasteiger partial charge is 0.372 e. The molecule has 0 amide bonds. The lowest BCUT2D eigenvalue weighted by Gasteiger charge is -2.28. The van der Waals surface area contributed by atoms with Crippen molar-refractivity contribution in [2.45, 2.75) is 33.1 Å². The number of nitrogens with zero attached hydrogens (tertiary/aromatic N) is 4. The SMILES string of the molecule is CC(C)CNc1cnnc(Nc2ccc(N3CCCCC3)cc2)n1. The summed E-state index contributed by atoms with van der Waals surface area (Å²) in [6.45, 7) is 7.49. The third-order valence-corrected chi connectivity index (χ3v) is 4.09. The lowest BCUT2D eigenvalue weighted by Crippen LogP contribution is -2.29. The molecule has 0 unspecified atom stereocenters. The zero-order valence-corrected chi connectivity index (χ0v) is 14.5. The van der Waals surface area contributed by atoms with E-state index in [2.05, 4.69) is 68.8 Å². The highest BCUT2D eigenvalue weighted by Gasteiger charge is 2.10. The van der Waals surface area contributed by atoms with Crippen molar-refractivity contribution in [3.63, 3.8) is 0 Å². The van der Waals surface area contributed by atoms with Gasteiger partial charge in [-0.2, -0.15) is 10.1 Å². The summed E-state index contributed by atoms with van der Waals surface area (Å²) in [6, 6.07) is 8.45. The van der Waals surface area contributed by atoms with Gasteiger partial charge < -0.3 is 15.5 Å². The van der Waals surface area contributed by atoms with Gasteiger partial charge in [0, 0.05) is 31.0 Å². The summed E-state index contributed by atoms with van der Waals surface area (Å²) >= 11 is 0. The molecule has 0 atom stereocenters. The van der Waals surface area contributed by atoms with Crippen LogP contribution < -0.4 is 15.5 Å². The normalized spacial score (nSPS) is 14.7. The van der Waals surface area contributed by atoms with E-state index in [4.69, 9.17) is 0 Å². The maximum atomic E-state index is 4.45. The van der Waals surface area contributed by atoms with Gasteiger partial charge in [-0.25, -0.2) is 0 Å². The summed E-state index contributed by atoms with van der Waals surface area (Å²) in [6.07, 6.45) is 5.57. The number of benzene rings is 1. The Hall–Kier alpha value is -2.37. The molecule has 24 heavy (non-hydrogen) atoms. The minimum absolute atomic E-state index is 0.509. The van der Waals surface area contributed by atoms with Crippen LogP contribution in [0.4, 0.5) is 23.1 Å². The predicted molar refractivity (Wildman–Crippen MR) is 98.9 cm³/mol. The Morgan fingerprint density at radius 2 is 1.83 bits per heavy atom. The molecule has 1 aromatic carbocycles. The van der Waals surface area contributed by atoms with Crippen molar-refractivity contribution in [1.82, 2.24) is 15.2 Å². The number of piperidine rings is 1. The Morgan fingerprint density at radius 3 is 2.54 bits per heavy atom. The minimum Gasteiger partial charge on any atom is -0.372 e. The van der Waals surface area contributed by atoms with Crippen LogP contribution in [0.5, 0.6) is 0 Å². The molecule has 128 valence electrons. The van der Waals surface area contributed by atoms with E-state index in [1.54, 1.807) is 6.20 Å². The van der Waals surface area contributed by atoms with Crippen LogP contribution in [0.2, 0.25) is 0 Å². The van der Waals surface area contributed by atoms with Gasteiger partial charge in [-0.15, -0.1) is 5.10 Å². The summed E-state index contributed by atoms with van der Waals surface area (Å²) in [5, 5.41) is 14.5. The standard InChI is InChI=1S/C18H26N6/c1-14(2)12-19-17-13-20-23-18(22-17)21-15-6-8-16(9-7-15)24-10-4-3-5-11-24/h6-9,13-14H,3-5,10-12H2,1-2H3,(H2,19,21,22,23). The van der Waals surface area contributed by atoms with Gasteiger partial charge in [0.1, 0.15) is 0 Å². The summed E-state index contributed by atoms with van der Waals surface area (Å²) in [7, 11) is 0. The summed E-state index contributed by atoms with van der Waals surface area (Å²) in [4.78, 5) is 6.89. The van der Waals surface area contributed by atoms with Crippen LogP contribution in [0.15, 0.2) is 30.5 Å². The van der Waals surface area contributed by atoms with E-state index in [0.29, 0.717) is 11.9 Å². The van der Waals surface area contributed by atoms with Gasteiger partial charge in [0.2, 0.25) is 5.95 Å². The Bertz CT molecular complexity index is 634. The van der Waals surface area contributed by atoms with Gasteiger partial charge in [-0.3, -0.25) is 0 Å². The van der Waals surface area contributed by atoms with Crippen molar-refractivity contribution in [3.8, 4) is 0 Å². The molecule has 2 aromatic rings. The summed E-state index contributed by atoms with van der Waals surface area (Å²) < 4.78 is 0. The van der Waals surface area contributed by atoms with E-state index in [9.17, 15) is 0 Å². The predicted octanol–water partition coefficient (Wildman–Crippen LogP) is 3.67. The topological polar surface area (TPSA) is 66.0 Å². The zero-order chi connectivity index (χ0) is 16.8. The number of aromatic nitrogens is 3. The molecule has 1 fully saturated rings. The average Bonchev–Trinajstić information content (AvgIpc) is 2.62. The maximum Gasteiger partial charge on any atom is 0.249 e. The second-order valence-electron chi connectivity index (χ2n) is 6.66. The molecule has 0 bridgehead atoms. The molecule has 1 saturated heterocycles. The van der Waals surface area contributed by atoms with Crippen LogP contribution in [0.1, 0.15) is 33.1 Å². The minimum atomic E-state index is 0.509. The number of hydrogen-bond acceptors (Lipinski definition) is 6. The van der Waals surface area contributed by atoms with Crippen molar-refractivity contribution in [2.75, 3.05) is 35.2 Å². The lowest BCUT2D eigenvalue weighted by atomic mass is 10.1. The fraction of sp³-hybridized carbons (Fsp3) is 0.500. The van der Waals surface area contributed by atoms with Gasteiger partial charge in [0.05, 0.1) is 6.20 Å². The monoisotopic (exact) mass is 326 g/mol. The third-order valence-electron chi connectivity index (χ3n) is 4.09. The molecule has 1 aromatic heterocycles.